The SMILES string of the molecule is C/C(=N/NC(=O)Cc1nc(C)cs1)c1cccc([N+](=O)[O-])c1. The van der Waals surface area contributed by atoms with Crippen LogP contribution in [-0.4, -0.2) is 21.5 Å². The number of rotatable bonds is 5. The van der Waals surface area contributed by atoms with E-state index < -0.39 is 4.92 Å². The summed E-state index contributed by atoms with van der Waals surface area (Å²) in [5, 5.41) is 17.3. The number of nitrogens with one attached hydrogen (secondary N) is 1. The molecule has 1 aromatic heterocycles. The van der Waals surface area contributed by atoms with Gasteiger partial charge in [-0.15, -0.1) is 11.3 Å². The minimum atomic E-state index is -0.472. The van der Waals surface area contributed by atoms with Gasteiger partial charge in [0, 0.05) is 28.8 Å². The maximum Gasteiger partial charge on any atom is 0.270 e. The molecule has 1 aromatic carbocycles. The van der Waals surface area contributed by atoms with E-state index >= 15 is 0 Å². The van der Waals surface area contributed by atoms with Gasteiger partial charge in [-0.1, -0.05) is 12.1 Å². The highest BCUT2D eigenvalue weighted by Crippen LogP contribution is 2.13. The monoisotopic (exact) mass is 318 g/mol. The summed E-state index contributed by atoms with van der Waals surface area (Å²) in [5.74, 6) is -0.279. The van der Waals surface area contributed by atoms with Crippen LogP contribution in [0.1, 0.15) is 23.2 Å². The van der Waals surface area contributed by atoms with Gasteiger partial charge in [-0.2, -0.15) is 5.10 Å². The molecule has 0 saturated carbocycles. The van der Waals surface area contributed by atoms with Crippen molar-refractivity contribution in [3.05, 3.63) is 56.0 Å². The molecule has 0 atom stereocenters. The molecule has 2 rings (SSSR count). The lowest BCUT2D eigenvalue weighted by atomic mass is 10.1. The van der Waals surface area contributed by atoms with Crippen molar-refractivity contribution in [2.24, 2.45) is 5.10 Å². The lowest BCUT2D eigenvalue weighted by molar-refractivity contribution is -0.384. The molecular formula is C14H14N4O3S. The number of hydrogen-bond acceptors (Lipinski definition) is 6. The van der Waals surface area contributed by atoms with E-state index in [1.807, 2.05) is 12.3 Å². The first kappa shape index (κ1) is 15.8. The first-order valence-corrected chi connectivity index (χ1v) is 7.32. The minimum absolute atomic E-state index is 0.0170. The lowest BCUT2D eigenvalue weighted by Gasteiger charge is -2.02. The number of aromatic nitrogens is 1. The largest absolute Gasteiger partial charge is 0.273 e. The van der Waals surface area contributed by atoms with Gasteiger partial charge in [0.2, 0.25) is 5.91 Å². The van der Waals surface area contributed by atoms with Gasteiger partial charge in [0.05, 0.1) is 17.1 Å². The van der Waals surface area contributed by atoms with Crippen LogP contribution in [-0.2, 0) is 11.2 Å². The normalized spacial score (nSPS) is 11.3. The van der Waals surface area contributed by atoms with E-state index in [1.54, 1.807) is 19.1 Å². The van der Waals surface area contributed by atoms with E-state index in [2.05, 4.69) is 15.5 Å². The van der Waals surface area contributed by atoms with Gasteiger partial charge in [-0.25, -0.2) is 10.4 Å². The van der Waals surface area contributed by atoms with Crippen LogP contribution in [0.25, 0.3) is 0 Å². The smallest absolute Gasteiger partial charge is 0.270 e. The van der Waals surface area contributed by atoms with Gasteiger partial charge in [0.1, 0.15) is 5.01 Å². The van der Waals surface area contributed by atoms with Gasteiger partial charge in [-0.05, 0) is 13.8 Å². The molecule has 0 radical (unpaired) electrons. The molecule has 0 unspecified atom stereocenters. The maximum atomic E-state index is 11.8. The fourth-order valence-corrected chi connectivity index (χ4v) is 2.49. The second-order valence-electron chi connectivity index (χ2n) is 4.60. The summed E-state index contributed by atoms with van der Waals surface area (Å²) in [6.45, 7) is 3.54. The van der Waals surface area contributed by atoms with E-state index in [0.29, 0.717) is 11.3 Å². The Morgan fingerprint density at radius 1 is 1.50 bits per heavy atom. The van der Waals surface area contributed by atoms with Gasteiger partial charge in [0.15, 0.2) is 0 Å². The predicted molar refractivity (Wildman–Crippen MR) is 84.0 cm³/mol. The number of nitrogens with zero attached hydrogens (tertiary/aromatic N) is 3. The number of aryl methyl sites for hydroxylation is 1. The number of amides is 1. The zero-order chi connectivity index (χ0) is 16.1. The summed E-state index contributed by atoms with van der Waals surface area (Å²) in [6, 6.07) is 6.09. The van der Waals surface area contributed by atoms with Crippen molar-refractivity contribution in [3.8, 4) is 0 Å². The quantitative estimate of drug-likeness (QED) is 0.520. The van der Waals surface area contributed by atoms with Crippen LogP contribution in [0, 0.1) is 17.0 Å². The highest BCUT2D eigenvalue weighted by atomic mass is 32.1. The number of thiazole rings is 1. The van der Waals surface area contributed by atoms with E-state index in [-0.39, 0.29) is 18.0 Å². The highest BCUT2D eigenvalue weighted by Gasteiger charge is 2.09. The molecule has 0 saturated heterocycles. The molecule has 22 heavy (non-hydrogen) atoms. The summed E-state index contributed by atoms with van der Waals surface area (Å²) in [5.41, 5.74) is 4.37. The van der Waals surface area contributed by atoms with Crippen molar-refractivity contribution in [1.82, 2.24) is 10.4 Å². The molecule has 8 heteroatoms. The summed E-state index contributed by atoms with van der Waals surface area (Å²) in [4.78, 5) is 26.2. The first-order chi connectivity index (χ1) is 10.5. The molecule has 0 aliphatic heterocycles. The number of carbonyl (C=O) groups excluding carboxylic acids is 1. The number of hydrazone groups is 1. The third-order valence-electron chi connectivity index (χ3n) is 2.80. The molecule has 7 nitrogen and oxygen atoms in total. The van der Waals surface area contributed by atoms with Crippen LogP contribution in [0.3, 0.4) is 0 Å². The van der Waals surface area contributed by atoms with Crippen molar-refractivity contribution >= 4 is 28.6 Å². The van der Waals surface area contributed by atoms with Gasteiger partial charge in [-0.3, -0.25) is 14.9 Å². The zero-order valence-corrected chi connectivity index (χ0v) is 12.9. The Labute approximate surface area is 130 Å². The molecule has 0 spiro atoms. The average Bonchev–Trinajstić information content (AvgIpc) is 2.90. The Balaban J connectivity index is 2.01. The summed E-state index contributed by atoms with van der Waals surface area (Å²) in [6.07, 6.45) is 0.157. The number of benzene rings is 1. The molecule has 1 heterocycles. The van der Waals surface area contributed by atoms with Crippen LogP contribution in [0.15, 0.2) is 34.7 Å². The number of carbonyl (C=O) groups is 1. The second-order valence-corrected chi connectivity index (χ2v) is 5.54. The molecular weight excluding hydrogens is 304 g/mol. The molecule has 114 valence electrons. The van der Waals surface area contributed by atoms with Gasteiger partial charge < -0.3 is 0 Å². The number of non-ortho nitro benzene ring substituents is 1. The van der Waals surface area contributed by atoms with Crippen molar-refractivity contribution < 1.29 is 9.72 Å². The molecule has 0 aliphatic rings. The van der Waals surface area contributed by atoms with E-state index in [0.717, 1.165) is 10.7 Å². The van der Waals surface area contributed by atoms with Crippen LogP contribution in [0.4, 0.5) is 5.69 Å². The van der Waals surface area contributed by atoms with E-state index in [9.17, 15) is 14.9 Å². The Kier molecular flexibility index (Phi) is 4.95. The molecule has 0 aliphatic carbocycles. The molecule has 2 aromatic rings. The predicted octanol–water partition coefficient (Wildman–Crippen LogP) is 2.44. The van der Waals surface area contributed by atoms with Crippen molar-refractivity contribution in [2.45, 2.75) is 20.3 Å². The molecule has 0 bridgehead atoms. The molecule has 1 N–H and O–H groups in total. The van der Waals surface area contributed by atoms with Crippen molar-refractivity contribution in [3.63, 3.8) is 0 Å². The number of nitro benzene ring substituents is 1. The van der Waals surface area contributed by atoms with E-state index in [4.69, 9.17) is 0 Å². The average molecular weight is 318 g/mol. The zero-order valence-electron chi connectivity index (χ0n) is 12.1. The molecule has 1 amide bonds. The van der Waals surface area contributed by atoms with Crippen molar-refractivity contribution in [2.75, 3.05) is 0 Å². The maximum absolute atomic E-state index is 11.8. The Hall–Kier alpha value is -2.61. The standard InChI is InChI=1S/C14H14N4O3S/c1-9-8-22-14(15-9)7-13(19)17-16-10(2)11-4-3-5-12(6-11)18(20)21/h3-6,8H,7H2,1-2H3,(H,17,19)/b16-10-. The fraction of sp³-hybridized carbons (Fsp3) is 0.214. The first-order valence-electron chi connectivity index (χ1n) is 6.44. The topological polar surface area (TPSA) is 97.5 Å². The Morgan fingerprint density at radius 2 is 2.27 bits per heavy atom. The Bertz CT molecular complexity index is 739. The van der Waals surface area contributed by atoms with Crippen LogP contribution in [0.5, 0.6) is 0 Å². The third-order valence-corrected chi connectivity index (χ3v) is 3.77. The summed E-state index contributed by atoms with van der Waals surface area (Å²) < 4.78 is 0. The second kappa shape index (κ2) is 6.90. The minimum Gasteiger partial charge on any atom is -0.273 e. The fourth-order valence-electron chi connectivity index (χ4n) is 1.72. The van der Waals surface area contributed by atoms with E-state index in [1.165, 1.54) is 23.5 Å². The lowest BCUT2D eigenvalue weighted by Crippen LogP contribution is -2.21. The number of nitro groups is 1. The van der Waals surface area contributed by atoms with Crippen LogP contribution < -0.4 is 5.43 Å². The highest BCUT2D eigenvalue weighted by molar-refractivity contribution is 7.09. The summed E-state index contributed by atoms with van der Waals surface area (Å²) >= 11 is 1.42. The summed E-state index contributed by atoms with van der Waals surface area (Å²) in [7, 11) is 0. The third kappa shape index (κ3) is 4.19. The molecule has 0 fully saturated rings. The van der Waals surface area contributed by atoms with Crippen molar-refractivity contribution in [1.29, 1.82) is 0 Å². The number of hydrogen-bond donors (Lipinski definition) is 1. The van der Waals surface area contributed by atoms with Gasteiger partial charge >= 0.3 is 0 Å². The Morgan fingerprint density at radius 3 is 2.91 bits per heavy atom. The van der Waals surface area contributed by atoms with Crippen LogP contribution >= 0.6 is 11.3 Å². The van der Waals surface area contributed by atoms with Gasteiger partial charge in [0.25, 0.3) is 5.69 Å². The van der Waals surface area contributed by atoms with Crippen LogP contribution in [0.2, 0.25) is 0 Å².